The van der Waals surface area contributed by atoms with E-state index in [9.17, 15) is 9.59 Å². The van der Waals surface area contributed by atoms with Gasteiger partial charge in [-0.1, -0.05) is 22.0 Å². The summed E-state index contributed by atoms with van der Waals surface area (Å²) in [5.74, 6) is 0. The molecule has 0 radical (unpaired) electrons. The number of amides is 1. The van der Waals surface area contributed by atoms with Crippen LogP contribution in [0.1, 0.15) is 37.9 Å². The molecule has 1 aromatic rings. The lowest BCUT2D eigenvalue weighted by atomic mass is 10.0. The fraction of sp³-hybridized carbons (Fsp3) is 0.467. The third-order valence-electron chi connectivity index (χ3n) is 2.78. The van der Waals surface area contributed by atoms with Crippen LogP contribution in [-0.4, -0.2) is 29.9 Å². The predicted molar refractivity (Wildman–Crippen MR) is 81.7 cm³/mol. The van der Waals surface area contributed by atoms with Gasteiger partial charge in [-0.25, -0.2) is 4.79 Å². The Balaban J connectivity index is 3.01. The van der Waals surface area contributed by atoms with Gasteiger partial charge < -0.3 is 9.53 Å². The van der Waals surface area contributed by atoms with E-state index >= 15 is 0 Å². The molecule has 0 fully saturated rings. The second-order valence-corrected chi connectivity index (χ2v) is 6.59. The summed E-state index contributed by atoms with van der Waals surface area (Å²) in [5, 5.41) is 0. The Morgan fingerprint density at radius 2 is 2.00 bits per heavy atom. The van der Waals surface area contributed by atoms with Gasteiger partial charge in [-0.3, -0.25) is 4.90 Å². The van der Waals surface area contributed by atoms with Gasteiger partial charge in [0.05, 0.1) is 0 Å². The van der Waals surface area contributed by atoms with Crippen molar-refractivity contribution in [3.63, 3.8) is 0 Å². The summed E-state index contributed by atoms with van der Waals surface area (Å²) in [6, 6.07) is 4.94. The summed E-state index contributed by atoms with van der Waals surface area (Å²) in [6.45, 7) is 7.28. The maximum Gasteiger partial charge on any atom is 0.410 e. The minimum Gasteiger partial charge on any atom is -0.444 e. The molecule has 0 aliphatic heterocycles. The van der Waals surface area contributed by atoms with E-state index in [1.807, 2.05) is 25.1 Å². The lowest BCUT2D eigenvalue weighted by Gasteiger charge is -2.28. The number of hydrogen-bond acceptors (Lipinski definition) is 3. The number of carbonyl (C=O) groups is 2. The van der Waals surface area contributed by atoms with Crippen LogP contribution in [-0.2, 0) is 9.53 Å². The van der Waals surface area contributed by atoms with Crippen LogP contribution in [0.25, 0.3) is 0 Å². The number of aldehydes is 1. The van der Waals surface area contributed by atoms with Crippen LogP contribution in [0.4, 0.5) is 4.79 Å². The molecule has 0 aliphatic rings. The van der Waals surface area contributed by atoms with E-state index in [2.05, 4.69) is 15.9 Å². The molecular weight excluding hydrogens is 322 g/mol. The fourth-order valence-corrected chi connectivity index (χ4v) is 2.27. The zero-order valence-corrected chi connectivity index (χ0v) is 14.0. The topological polar surface area (TPSA) is 46.6 Å². The largest absolute Gasteiger partial charge is 0.444 e. The quantitative estimate of drug-likeness (QED) is 0.784. The summed E-state index contributed by atoms with van der Waals surface area (Å²) in [4.78, 5) is 24.8. The van der Waals surface area contributed by atoms with Gasteiger partial charge in [-0.2, -0.15) is 0 Å². The highest BCUT2D eigenvalue weighted by molar-refractivity contribution is 9.10. The first-order chi connectivity index (χ1) is 9.15. The van der Waals surface area contributed by atoms with Crippen molar-refractivity contribution in [3.05, 3.63) is 33.8 Å². The van der Waals surface area contributed by atoms with E-state index < -0.39 is 17.7 Å². The van der Waals surface area contributed by atoms with Crippen molar-refractivity contribution in [1.29, 1.82) is 0 Å². The Bertz CT molecular complexity index is 508. The van der Waals surface area contributed by atoms with Crippen LogP contribution in [0.3, 0.4) is 0 Å². The fourth-order valence-electron chi connectivity index (χ4n) is 1.79. The number of benzene rings is 1. The molecule has 0 heterocycles. The minimum atomic E-state index is -0.655. The van der Waals surface area contributed by atoms with E-state index in [4.69, 9.17) is 4.74 Å². The molecule has 1 aromatic carbocycles. The number of ether oxygens (including phenoxy) is 1. The molecule has 0 saturated carbocycles. The Morgan fingerprint density at radius 3 is 2.45 bits per heavy atom. The Morgan fingerprint density at radius 1 is 1.40 bits per heavy atom. The molecular formula is C15H20BrNO3. The smallest absolute Gasteiger partial charge is 0.410 e. The summed E-state index contributed by atoms with van der Waals surface area (Å²) >= 11 is 3.38. The van der Waals surface area contributed by atoms with Crippen molar-refractivity contribution in [1.82, 2.24) is 4.90 Å². The van der Waals surface area contributed by atoms with Crippen LogP contribution < -0.4 is 0 Å². The van der Waals surface area contributed by atoms with Gasteiger partial charge in [0.15, 0.2) is 0 Å². The van der Waals surface area contributed by atoms with Crippen molar-refractivity contribution in [3.8, 4) is 0 Å². The van der Waals surface area contributed by atoms with Crippen LogP contribution in [0.2, 0.25) is 0 Å². The van der Waals surface area contributed by atoms with Crippen LogP contribution in [0, 0.1) is 6.92 Å². The average Bonchev–Trinajstić information content (AvgIpc) is 2.30. The van der Waals surface area contributed by atoms with E-state index in [-0.39, 0.29) is 0 Å². The lowest BCUT2D eigenvalue weighted by Crippen LogP contribution is -2.37. The predicted octanol–water partition coefficient (Wildman–Crippen LogP) is 3.86. The van der Waals surface area contributed by atoms with Gasteiger partial charge in [0, 0.05) is 11.5 Å². The van der Waals surface area contributed by atoms with Crippen molar-refractivity contribution >= 4 is 28.3 Å². The molecule has 0 spiro atoms. The molecule has 0 aromatic heterocycles. The summed E-state index contributed by atoms with van der Waals surface area (Å²) in [6.07, 6.45) is 0.233. The van der Waals surface area contributed by atoms with E-state index in [0.717, 1.165) is 21.9 Å². The highest BCUT2D eigenvalue weighted by Gasteiger charge is 2.27. The molecule has 0 N–H and O–H groups in total. The highest BCUT2D eigenvalue weighted by Crippen LogP contribution is 2.25. The standard InChI is InChI=1S/C15H20BrNO3/c1-10-8-11(16)6-7-12(10)13(9-18)17(5)14(19)20-15(2,3)4/h6-9,13H,1-5H3. The molecule has 1 atom stereocenters. The van der Waals surface area contributed by atoms with Crippen LogP contribution >= 0.6 is 15.9 Å². The summed E-state index contributed by atoms with van der Waals surface area (Å²) in [5.41, 5.74) is 1.14. The molecule has 0 saturated heterocycles. The molecule has 0 bridgehead atoms. The van der Waals surface area contributed by atoms with Gasteiger partial charge in [-0.05, 0) is 51.0 Å². The number of rotatable bonds is 3. The number of likely N-dealkylation sites (N-methyl/N-ethyl adjacent to an activating group) is 1. The number of hydrogen-bond donors (Lipinski definition) is 0. The number of nitrogens with zero attached hydrogens (tertiary/aromatic N) is 1. The van der Waals surface area contributed by atoms with Gasteiger partial charge in [0.1, 0.15) is 17.9 Å². The molecule has 1 unspecified atom stereocenters. The second kappa shape index (κ2) is 6.39. The molecule has 1 rings (SSSR count). The van der Waals surface area contributed by atoms with E-state index in [0.29, 0.717) is 0 Å². The Hall–Kier alpha value is -1.36. The Kier molecular flexibility index (Phi) is 5.34. The third kappa shape index (κ3) is 4.34. The first-order valence-corrected chi connectivity index (χ1v) is 7.12. The Labute approximate surface area is 128 Å². The summed E-state index contributed by atoms with van der Waals surface area (Å²) < 4.78 is 6.22. The third-order valence-corrected chi connectivity index (χ3v) is 3.27. The molecule has 20 heavy (non-hydrogen) atoms. The maximum absolute atomic E-state index is 12.0. The van der Waals surface area contributed by atoms with Gasteiger partial charge in [-0.15, -0.1) is 0 Å². The van der Waals surface area contributed by atoms with Gasteiger partial charge in [0.2, 0.25) is 0 Å². The first kappa shape index (κ1) is 16.7. The highest BCUT2D eigenvalue weighted by atomic mass is 79.9. The zero-order chi connectivity index (χ0) is 15.5. The van der Waals surface area contributed by atoms with Crippen LogP contribution in [0.5, 0.6) is 0 Å². The number of carbonyl (C=O) groups excluding carboxylic acids is 2. The van der Waals surface area contributed by atoms with Crippen molar-refractivity contribution in [2.45, 2.75) is 39.3 Å². The molecule has 1 amide bonds. The lowest BCUT2D eigenvalue weighted by molar-refractivity contribution is -0.112. The number of aryl methyl sites for hydroxylation is 1. The van der Waals surface area contributed by atoms with Crippen molar-refractivity contribution in [2.24, 2.45) is 0 Å². The molecule has 0 aliphatic carbocycles. The number of halogens is 1. The van der Waals surface area contributed by atoms with E-state index in [1.165, 1.54) is 4.90 Å². The molecule has 4 nitrogen and oxygen atoms in total. The van der Waals surface area contributed by atoms with Gasteiger partial charge >= 0.3 is 6.09 Å². The maximum atomic E-state index is 12.0. The molecule has 5 heteroatoms. The second-order valence-electron chi connectivity index (χ2n) is 5.67. The first-order valence-electron chi connectivity index (χ1n) is 6.33. The van der Waals surface area contributed by atoms with Crippen LogP contribution in [0.15, 0.2) is 22.7 Å². The zero-order valence-electron chi connectivity index (χ0n) is 12.4. The molecule has 110 valence electrons. The normalized spacial score (nSPS) is 12.7. The monoisotopic (exact) mass is 341 g/mol. The summed E-state index contributed by atoms with van der Waals surface area (Å²) in [7, 11) is 1.56. The minimum absolute atomic E-state index is 0.517. The van der Waals surface area contributed by atoms with Gasteiger partial charge in [0.25, 0.3) is 0 Å². The SMILES string of the molecule is Cc1cc(Br)ccc1C(C=O)N(C)C(=O)OC(C)(C)C. The van der Waals surface area contributed by atoms with Crippen molar-refractivity contribution in [2.75, 3.05) is 7.05 Å². The van der Waals surface area contributed by atoms with Crippen molar-refractivity contribution < 1.29 is 14.3 Å². The van der Waals surface area contributed by atoms with E-state index in [1.54, 1.807) is 27.8 Å². The average molecular weight is 342 g/mol.